The molecule has 4 heteroatoms. The van der Waals surface area contributed by atoms with E-state index in [4.69, 9.17) is 19.4 Å². The predicted octanol–water partition coefficient (Wildman–Crippen LogP) is 12.8. The average molecular weight is 714 g/mol. The number of hydrogen-bond donors (Lipinski definition) is 0. The summed E-state index contributed by atoms with van der Waals surface area (Å²) in [5, 5.41) is 2.07. The molecule has 56 heavy (non-hydrogen) atoms. The third kappa shape index (κ3) is 4.38. The molecular weight excluding hydrogens is 683 g/mol. The van der Waals surface area contributed by atoms with Crippen molar-refractivity contribution >= 4 is 21.9 Å². The molecule has 0 atom stereocenters. The smallest absolute Gasteiger partial charge is 0.164 e. The van der Waals surface area contributed by atoms with Crippen LogP contribution in [0.25, 0.3) is 89.5 Å². The molecule has 1 spiro atoms. The number of fused-ring (bicyclic) bond motifs is 13. The third-order valence-electron chi connectivity index (χ3n) is 11.8. The number of aromatic nitrogens is 3. The van der Waals surface area contributed by atoms with E-state index in [1.54, 1.807) is 0 Å². The van der Waals surface area contributed by atoms with Gasteiger partial charge in [0.1, 0.15) is 11.2 Å². The van der Waals surface area contributed by atoms with Crippen LogP contribution in [0.5, 0.6) is 0 Å². The van der Waals surface area contributed by atoms with E-state index < -0.39 is 0 Å². The first-order valence-electron chi connectivity index (χ1n) is 19.0. The van der Waals surface area contributed by atoms with Crippen molar-refractivity contribution in [2.75, 3.05) is 0 Å². The summed E-state index contributed by atoms with van der Waals surface area (Å²) in [5.41, 5.74) is 16.9. The maximum atomic E-state index is 6.57. The van der Waals surface area contributed by atoms with Crippen LogP contribution < -0.4 is 0 Å². The van der Waals surface area contributed by atoms with Gasteiger partial charge in [0.2, 0.25) is 0 Å². The van der Waals surface area contributed by atoms with Gasteiger partial charge in [0.15, 0.2) is 17.5 Å². The topological polar surface area (TPSA) is 51.8 Å². The summed E-state index contributed by atoms with van der Waals surface area (Å²) in [5.74, 6) is 1.90. The second kappa shape index (κ2) is 11.8. The Bertz CT molecular complexity index is 3080. The fraction of sp³-hybridized carbons (Fsp3) is 0.0192. The predicted molar refractivity (Wildman–Crippen MR) is 225 cm³/mol. The van der Waals surface area contributed by atoms with Gasteiger partial charge in [0, 0.05) is 27.5 Å². The lowest BCUT2D eigenvalue weighted by molar-refractivity contribution is 0.669. The molecule has 10 aromatic rings. The standard InChI is InChI=1S/C52H31N3O/c1-3-13-32(14-4-1)49-53-50(33-15-5-2-6-16-33)55-51(54-49)36-25-28-47-42(29-36)41-27-24-35(31-48(41)56-47)34-23-26-40-39-19-9-12-22-45(39)52(46(40)30-34)43-20-10-7-17-37(43)38-18-8-11-21-44(38)52/h1-31H. The molecule has 0 unspecified atom stereocenters. The van der Waals surface area contributed by atoms with Crippen LogP contribution in [0.15, 0.2) is 192 Å². The highest BCUT2D eigenvalue weighted by atomic mass is 16.3. The van der Waals surface area contributed by atoms with Crippen molar-refractivity contribution < 1.29 is 4.42 Å². The molecule has 12 rings (SSSR count). The van der Waals surface area contributed by atoms with Crippen LogP contribution in [0.1, 0.15) is 22.3 Å². The Kier molecular flexibility index (Phi) is 6.52. The zero-order chi connectivity index (χ0) is 36.8. The van der Waals surface area contributed by atoms with Crippen LogP contribution in [0.3, 0.4) is 0 Å². The highest BCUT2D eigenvalue weighted by Crippen LogP contribution is 2.63. The Labute approximate surface area is 323 Å². The Morgan fingerprint density at radius 1 is 0.304 bits per heavy atom. The van der Waals surface area contributed by atoms with E-state index in [1.165, 1.54) is 44.5 Å². The largest absolute Gasteiger partial charge is 0.456 e. The van der Waals surface area contributed by atoms with Crippen molar-refractivity contribution in [3.05, 3.63) is 210 Å². The number of hydrogen-bond acceptors (Lipinski definition) is 4. The molecular formula is C52H31N3O. The first-order valence-corrected chi connectivity index (χ1v) is 19.0. The number of nitrogens with zero attached hydrogens (tertiary/aromatic N) is 3. The van der Waals surface area contributed by atoms with E-state index in [9.17, 15) is 0 Å². The highest BCUT2D eigenvalue weighted by Gasteiger charge is 2.51. The summed E-state index contributed by atoms with van der Waals surface area (Å²) in [6.07, 6.45) is 0. The summed E-state index contributed by atoms with van der Waals surface area (Å²) in [4.78, 5) is 14.8. The van der Waals surface area contributed by atoms with Gasteiger partial charge in [-0.25, -0.2) is 15.0 Å². The van der Waals surface area contributed by atoms with E-state index in [0.717, 1.165) is 49.8 Å². The summed E-state index contributed by atoms with van der Waals surface area (Å²) < 4.78 is 6.57. The molecule has 2 aliphatic rings. The molecule has 0 bridgehead atoms. The minimum atomic E-state index is -0.384. The molecule has 2 aromatic heterocycles. The highest BCUT2D eigenvalue weighted by molar-refractivity contribution is 6.07. The molecule has 0 radical (unpaired) electrons. The Morgan fingerprint density at radius 3 is 1.36 bits per heavy atom. The molecule has 260 valence electrons. The molecule has 2 aliphatic carbocycles. The maximum Gasteiger partial charge on any atom is 0.164 e. The first kappa shape index (κ1) is 31.0. The quantitative estimate of drug-likeness (QED) is 0.182. The Hall–Kier alpha value is -7.43. The van der Waals surface area contributed by atoms with Gasteiger partial charge in [-0.15, -0.1) is 0 Å². The molecule has 0 N–H and O–H groups in total. The minimum Gasteiger partial charge on any atom is -0.456 e. The molecule has 4 nitrogen and oxygen atoms in total. The van der Waals surface area contributed by atoms with Crippen LogP contribution in [-0.2, 0) is 5.41 Å². The lowest BCUT2D eigenvalue weighted by atomic mass is 9.70. The SMILES string of the molecule is c1ccc(-c2nc(-c3ccccc3)nc(-c3ccc4oc5cc(-c6ccc7c(c6)C6(c8ccccc8-c8ccccc86)c6ccccc6-7)ccc5c4c3)n2)cc1. The molecule has 0 amide bonds. The summed E-state index contributed by atoms with van der Waals surface area (Å²) in [6.45, 7) is 0. The van der Waals surface area contributed by atoms with Gasteiger partial charge in [-0.2, -0.15) is 0 Å². The van der Waals surface area contributed by atoms with Gasteiger partial charge in [-0.1, -0.05) is 152 Å². The number of rotatable bonds is 4. The second-order valence-electron chi connectivity index (χ2n) is 14.7. The zero-order valence-electron chi connectivity index (χ0n) is 30.1. The molecule has 0 saturated carbocycles. The fourth-order valence-electron chi connectivity index (χ4n) is 9.31. The summed E-state index contributed by atoms with van der Waals surface area (Å²) in [7, 11) is 0. The van der Waals surface area contributed by atoms with Gasteiger partial charge in [-0.3, -0.25) is 0 Å². The number of furan rings is 1. The third-order valence-corrected chi connectivity index (χ3v) is 11.8. The summed E-state index contributed by atoms with van der Waals surface area (Å²) in [6, 6.07) is 66.8. The van der Waals surface area contributed by atoms with Gasteiger partial charge < -0.3 is 4.42 Å². The van der Waals surface area contributed by atoms with Crippen molar-refractivity contribution in [2.45, 2.75) is 5.41 Å². The van der Waals surface area contributed by atoms with E-state index in [-0.39, 0.29) is 5.41 Å². The molecule has 2 heterocycles. The Balaban J connectivity index is 0.988. The van der Waals surface area contributed by atoms with Crippen molar-refractivity contribution in [2.24, 2.45) is 0 Å². The summed E-state index contributed by atoms with van der Waals surface area (Å²) >= 11 is 0. The van der Waals surface area contributed by atoms with Crippen molar-refractivity contribution in [3.63, 3.8) is 0 Å². The van der Waals surface area contributed by atoms with Gasteiger partial charge in [-0.05, 0) is 92.0 Å². The number of benzene rings is 8. The average Bonchev–Trinajstić information content (AvgIpc) is 3.90. The molecule has 0 saturated heterocycles. The van der Waals surface area contributed by atoms with E-state index in [2.05, 4.69) is 115 Å². The normalized spacial score (nSPS) is 13.1. The molecule has 8 aromatic carbocycles. The van der Waals surface area contributed by atoms with Crippen LogP contribution in [0.4, 0.5) is 0 Å². The van der Waals surface area contributed by atoms with Crippen LogP contribution in [0.2, 0.25) is 0 Å². The van der Waals surface area contributed by atoms with Gasteiger partial charge >= 0.3 is 0 Å². The van der Waals surface area contributed by atoms with Crippen LogP contribution in [-0.4, -0.2) is 15.0 Å². The Morgan fingerprint density at radius 2 is 0.768 bits per heavy atom. The van der Waals surface area contributed by atoms with Crippen molar-refractivity contribution in [1.29, 1.82) is 0 Å². The van der Waals surface area contributed by atoms with Crippen LogP contribution >= 0.6 is 0 Å². The van der Waals surface area contributed by atoms with E-state index >= 15 is 0 Å². The maximum absolute atomic E-state index is 6.57. The first-order chi connectivity index (χ1) is 27.7. The second-order valence-corrected chi connectivity index (χ2v) is 14.7. The molecule has 0 fully saturated rings. The van der Waals surface area contributed by atoms with Crippen molar-refractivity contribution in [3.8, 4) is 67.5 Å². The van der Waals surface area contributed by atoms with E-state index in [1.807, 2.05) is 72.8 Å². The minimum absolute atomic E-state index is 0.384. The molecule has 0 aliphatic heterocycles. The van der Waals surface area contributed by atoms with Gasteiger partial charge in [0.05, 0.1) is 5.41 Å². The van der Waals surface area contributed by atoms with E-state index in [0.29, 0.717) is 17.5 Å². The van der Waals surface area contributed by atoms with Crippen LogP contribution in [0, 0.1) is 0 Å². The van der Waals surface area contributed by atoms with Crippen molar-refractivity contribution in [1.82, 2.24) is 15.0 Å². The lowest BCUT2D eigenvalue weighted by Gasteiger charge is -2.30. The zero-order valence-corrected chi connectivity index (χ0v) is 30.1. The monoisotopic (exact) mass is 713 g/mol. The fourth-order valence-corrected chi connectivity index (χ4v) is 9.31. The lowest BCUT2D eigenvalue weighted by Crippen LogP contribution is -2.25. The van der Waals surface area contributed by atoms with Gasteiger partial charge in [0.25, 0.3) is 0 Å².